The van der Waals surface area contributed by atoms with Gasteiger partial charge in [-0.25, -0.2) is 0 Å². The molecule has 0 aromatic heterocycles. The maximum absolute atomic E-state index is 12.7. The van der Waals surface area contributed by atoms with E-state index in [0.29, 0.717) is 28.4 Å². The zero-order valence-electron chi connectivity index (χ0n) is 13.9. The van der Waals surface area contributed by atoms with Crippen LogP contribution in [0.4, 0.5) is 20.2 Å². The number of alkyl halides is 2. The number of hydrogen-bond acceptors (Lipinski definition) is 3. The van der Waals surface area contributed by atoms with Crippen LogP contribution in [0.15, 0.2) is 47.4 Å². The highest BCUT2D eigenvalue weighted by atomic mass is 32.2. The summed E-state index contributed by atoms with van der Waals surface area (Å²) in [6.07, 6.45) is 3.66. The van der Waals surface area contributed by atoms with Gasteiger partial charge in [-0.2, -0.15) is 8.78 Å². The van der Waals surface area contributed by atoms with Gasteiger partial charge in [-0.1, -0.05) is 23.9 Å². The molecule has 25 heavy (non-hydrogen) atoms. The van der Waals surface area contributed by atoms with Gasteiger partial charge in [0.05, 0.1) is 0 Å². The Morgan fingerprint density at radius 2 is 1.88 bits per heavy atom. The number of anilines is 2. The Morgan fingerprint density at radius 1 is 1.16 bits per heavy atom. The van der Waals surface area contributed by atoms with Crippen molar-refractivity contribution in [2.75, 3.05) is 10.6 Å². The summed E-state index contributed by atoms with van der Waals surface area (Å²) in [5.74, 6) is -2.67. The molecule has 0 unspecified atom stereocenters. The van der Waals surface area contributed by atoms with Crippen molar-refractivity contribution in [3.05, 3.63) is 42.5 Å². The number of halogens is 2. The number of hydrogen-bond donors (Lipinski definition) is 2. The highest BCUT2D eigenvalue weighted by Crippen LogP contribution is 2.35. The van der Waals surface area contributed by atoms with E-state index in [1.165, 1.54) is 26.2 Å². The van der Waals surface area contributed by atoms with Gasteiger partial charge in [0.15, 0.2) is 0 Å². The molecule has 0 atom stereocenters. The fraction of sp³-hybridized carbons (Fsp3) is 0.316. The normalized spacial score (nSPS) is 14.2. The number of carbonyl (C=O) groups excluding carboxylic acids is 1. The molecule has 2 aromatic rings. The molecule has 0 spiro atoms. The Hall–Kier alpha value is -2.08. The number of thioether (sulfide) groups is 1. The quantitative estimate of drug-likeness (QED) is 0.658. The van der Waals surface area contributed by atoms with Gasteiger partial charge in [0.1, 0.15) is 0 Å². The number of nitrogens with one attached hydrogen (secondary N) is 2. The second kappa shape index (κ2) is 7.87. The summed E-state index contributed by atoms with van der Waals surface area (Å²) in [6.45, 7) is 1.43. The molecule has 0 saturated heterocycles. The Bertz CT molecular complexity index is 746. The molecular weight excluding hydrogens is 342 g/mol. The molecule has 2 N–H and O–H groups in total. The smallest absolute Gasteiger partial charge is 0.288 e. The lowest BCUT2D eigenvalue weighted by atomic mass is 9.93. The third kappa shape index (κ3) is 4.72. The van der Waals surface area contributed by atoms with E-state index in [4.69, 9.17) is 0 Å². The molecule has 0 radical (unpaired) electrons. The molecule has 132 valence electrons. The van der Waals surface area contributed by atoms with Gasteiger partial charge in [0.2, 0.25) is 5.91 Å². The SMILES string of the molecule is CC(=O)Nc1ccc(SC(F)F)cc1-c1ccc(NC2CCC2)cc1. The average molecular weight is 362 g/mol. The molecule has 0 bridgehead atoms. The van der Waals surface area contributed by atoms with Crippen LogP contribution in [0.5, 0.6) is 0 Å². The van der Waals surface area contributed by atoms with Gasteiger partial charge in [-0.3, -0.25) is 4.79 Å². The minimum atomic E-state index is -2.48. The summed E-state index contributed by atoms with van der Waals surface area (Å²) in [4.78, 5) is 11.9. The summed E-state index contributed by atoms with van der Waals surface area (Å²) in [6, 6.07) is 13.4. The van der Waals surface area contributed by atoms with E-state index in [2.05, 4.69) is 10.6 Å². The van der Waals surface area contributed by atoms with Crippen LogP contribution in [0, 0.1) is 0 Å². The first-order valence-electron chi connectivity index (χ1n) is 8.24. The molecular formula is C19H20F2N2OS. The Balaban J connectivity index is 1.87. The lowest BCUT2D eigenvalue weighted by Crippen LogP contribution is -2.26. The predicted molar refractivity (Wildman–Crippen MR) is 99.3 cm³/mol. The van der Waals surface area contributed by atoms with Gasteiger partial charge in [-0.05, 0) is 55.2 Å². The maximum atomic E-state index is 12.7. The van der Waals surface area contributed by atoms with Crippen LogP contribution in [-0.4, -0.2) is 17.7 Å². The second-order valence-electron chi connectivity index (χ2n) is 6.12. The van der Waals surface area contributed by atoms with E-state index < -0.39 is 5.76 Å². The monoisotopic (exact) mass is 362 g/mol. The summed E-state index contributed by atoms with van der Waals surface area (Å²) < 4.78 is 25.3. The predicted octanol–water partition coefficient (Wildman–Crippen LogP) is 5.59. The molecule has 3 nitrogen and oxygen atoms in total. The van der Waals surface area contributed by atoms with Crippen LogP contribution in [0.3, 0.4) is 0 Å². The highest BCUT2D eigenvalue weighted by Gasteiger charge is 2.17. The fourth-order valence-corrected chi connectivity index (χ4v) is 3.31. The molecule has 1 aliphatic rings. The number of amides is 1. The zero-order valence-corrected chi connectivity index (χ0v) is 14.7. The van der Waals surface area contributed by atoms with Crippen molar-refractivity contribution >= 4 is 29.0 Å². The molecule has 0 aliphatic heterocycles. The van der Waals surface area contributed by atoms with E-state index in [-0.39, 0.29) is 5.91 Å². The van der Waals surface area contributed by atoms with Crippen LogP contribution in [0.25, 0.3) is 11.1 Å². The first-order valence-corrected chi connectivity index (χ1v) is 9.12. The highest BCUT2D eigenvalue weighted by molar-refractivity contribution is 7.99. The first-order chi connectivity index (χ1) is 12.0. The van der Waals surface area contributed by atoms with Crippen molar-refractivity contribution in [1.29, 1.82) is 0 Å². The maximum Gasteiger partial charge on any atom is 0.288 e. The molecule has 0 heterocycles. The van der Waals surface area contributed by atoms with E-state index in [1.807, 2.05) is 24.3 Å². The third-order valence-corrected chi connectivity index (χ3v) is 4.90. The van der Waals surface area contributed by atoms with Gasteiger partial charge in [0.25, 0.3) is 5.76 Å². The van der Waals surface area contributed by atoms with E-state index in [9.17, 15) is 13.6 Å². The molecule has 1 saturated carbocycles. The van der Waals surface area contributed by atoms with Gasteiger partial charge in [0, 0.05) is 34.8 Å². The molecule has 1 aliphatic carbocycles. The van der Waals surface area contributed by atoms with Gasteiger partial charge >= 0.3 is 0 Å². The van der Waals surface area contributed by atoms with Crippen molar-refractivity contribution < 1.29 is 13.6 Å². The lowest BCUT2D eigenvalue weighted by Gasteiger charge is -2.27. The Morgan fingerprint density at radius 3 is 2.44 bits per heavy atom. The van der Waals surface area contributed by atoms with Gasteiger partial charge < -0.3 is 10.6 Å². The second-order valence-corrected chi connectivity index (χ2v) is 7.18. The van der Waals surface area contributed by atoms with Crippen LogP contribution in [0.1, 0.15) is 26.2 Å². The van der Waals surface area contributed by atoms with Crippen molar-refractivity contribution in [1.82, 2.24) is 0 Å². The van der Waals surface area contributed by atoms with Crippen LogP contribution in [-0.2, 0) is 4.79 Å². The van der Waals surface area contributed by atoms with E-state index in [1.54, 1.807) is 18.2 Å². The van der Waals surface area contributed by atoms with E-state index in [0.717, 1.165) is 16.8 Å². The Labute approximate surface area is 150 Å². The standard InChI is InChI=1S/C19H20F2N2OS/c1-12(24)22-18-10-9-16(25-19(20)21)11-17(18)13-5-7-15(8-6-13)23-14-3-2-4-14/h5-11,14,19,23H,2-4H2,1H3,(H,22,24). The summed E-state index contributed by atoms with van der Waals surface area (Å²) >= 11 is 0.499. The lowest BCUT2D eigenvalue weighted by molar-refractivity contribution is -0.114. The van der Waals surface area contributed by atoms with Crippen LogP contribution in [0.2, 0.25) is 0 Å². The fourth-order valence-electron chi connectivity index (χ4n) is 2.77. The van der Waals surface area contributed by atoms with Crippen LogP contribution >= 0.6 is 11.8 Å². The number of benzene rings is 2. The van der Waals surface area contributed by atoms with Crippen molar-refractivity contribution in [3.8, 4) is 11.1 Å². The summed E-state index contributed by atoms with van der Waals surface area (Å²) in [5, 5.41) is 6.23. The number of carbonyl (C=O) groups is 1. The van der Waals surface area contributed by atoms with Crippen molar-refractivity contribution in [3.63, 3.8) is 0 Å². The molecule has 6 heteroatoms. The molecule has 1 amide bonds. The largest absolute Gasteiger partial charge is 0.382 e. The zero-order chi connectivity index (χ0) is 17.8. The van der Waals surface area contributed by atoms with Crippen LogP contribution < -0.4 is 10.6 Å². The molecule has 2 aromatic carbocycles. The summed E-state index contributed by atoms with van der Waals surface area (Å²) in [5.41, 5.74) is 3.27. The first kappa shape index (κ1) is 17.7. The molecule has 3 rings (SSSR count). The third-order valence-electron chi connectivity index (χ3n) is 4.20. The average Bonchev–Trinajstić information content (AvgIpc) is 2.52. The topological polar surface area (TPSA) is 41.1 Å². The van der Waals surface area contributed by atoms with E-state index >= 15 is 0 Å². The molecule has 1 fully saturated rings. The van der Waals surface area contributed by atoms with Crippen molar-refractivity contribution in [2.45, 2.75) is 42.9 Å². The number of rotatable bonds is 6. The minimum Gasteiger partial charge on any atom is -0.382 e. The summed E-state index contributed by atoms with van der Waals surface area (Å²) in [7, 11) is 0. The van der Waals surface area contributed by atoms with Crippen molar-refractivity contribution in [2.24, 2.45) is 0 Å². The van der Waals surface area contributed by atoms with Gasteiger partial charge in [-0.15, -0.1) is 0 Å². The minimum absolute atomic E-state index is 0.196. The Kier molecular flexibility index (Phi) is 5.58.